The molecule has 1 aliphatic rings. The van der Waals surface area contributed by atoms with E-state index in [4.69, 9.17) is 0 Å². The van der Waals surface area contributed by atoms with Gasteiger partial charge in [-0.1, -0.05) is 146 Å². The summed E-state index contributed by atoms with van der Waals surface area (Å²) in [6.45, 7) is 0. The van der Waals surface area contributed by atoms with Crippen molar-refractivity contribution in [3.05, 3.63) is 168 Å². The summed E-state index contributed by atoms with van der Waals surface area (Å²) in [5, 5.41) is 8.46. The van der Waals surface area contributed by atoms with E-state index in [9.17, 15) is 0 Å². The fourth-order valence-electron chi connectivity index (χ4n) is 6.03. The van der Waals surface area contributed by atoms with E-state index in [0.717, 1.165) is 19.3 Å². The molecule has 1 atom stereocenters. The Hall–Kier alpha value is -3.56. The van der Waals surface area contributed by atoms with E-state index >= 15 is 0 Å². The Morgan fingerprint density at radius 1 is 0.524 bits per heavy atom. The molecule has 0 saturated carbocycles. The zero-order chi connectivity index (χ0) is 28.7. The second-order valence-corrected chi connectivity index (χ2v) is 15.3. The van der Waals surface area contributed by atoms with Crippen LogP contribution in [0.4, 0.5) is 0 Å². The topological polar surface area (TPSA) is 3.24 Å². The molecule has 208 valence electrons. The molecule has 0 amide bonds. The van der Waals surface area contributed by atoms with Crippen molar-refractivity contribution in [3.8, 4) is 0 Å². The van der Waals surface area contributed by atoms with Gasteiger partial charge in [-0.15, -0.1) is 5.73 Å². The van der Waals surface area contributed by atoms with E-state index in [2.05, 4.69) is 170 Å². The van der Waals surface area contributed by atoms with Gasteiger partial charge in [0.05, 0.1) is 6.04 Å². The first kappa shape index (κ1) is 28.6. The van der Waals surface area contributed by atoms with Gasteiger partial charge in [-0.25, -0.2) is 0 Å². The van der Waals surface area contributed by atoms with Crippen molar-refractivity contribution in [2.24, 2.45) is 0 Å². The quantitative estimate of drug-likeness (QED) is 0.127. The van der Waals surface area contributed by atoms with Crippen LogP contribution in [0.5, 0.6) is 0 Å². The molecule has 5 aromatic rings. The second kappa shape index (κ2) is 13.6. The smallest absolute Gasteiger partial charge is 0.0638 e. The standard InChI is InChI=1S/C39H37NP2/c1-40(2)39(31-18-17-27-36(30-31)41(32-19-7-3-8-20-32)33-21-9-4-10-22-33)37-28-15-16-29-38(37)42(34-23-11-5-12-24-34)35-25-13-6-14-26-35/h3-16,19-26,28-29,39H,17-18,27H2,1-2H3/t39-/m0/s1. The summed E-state index contributed by atoms with van der Waals surface area (Å²) >= 11 is 0. The largest absolute Gasteiger partial charge is 0.298 e. The third-order valence-electron chi connectivity index (χ3n) is 7.81. The Kier molecular flexibility index (Phi) is 9.25. The third-order valence-corrected chi connectivity index (χ3v) is 12.8. The first-order chi connectivity index (χ1) is 20.7. The molecule has 3 heteroatoms. The Morgan fingerprint density at radius 2 is 0.952 bits per heavy atom. The van der Waals surface area contributed by atoms with Crippen LogP contribution in [-0.4, -0.2) is 19.0 Å². The minimum atomic E-state index is -0.711. The Labute approximate surface area is 253 Å². The molecule has 0 N–H and O–H groups in total. The molecule has 1 nitrogen and oxygen atoms in total. The van der Waals surface area contributed by atoms with Gasteiger partial charge in [0.25, 0.3) is 0 Å². The van der Waals surface area contributed by atoms with Gasteiger partial charge in [0.1, 0.15) is 0 Å². The molecule has 5 aromatic carbocycles. The lowest BCUT2D eigenvalue weighted by Gasteiger charge is -2.33. The lowest BCUT2D eigenvalue weighted by Crippen LogP contribution is -2.30. The number of likely N-dealkylation sites (N-methyl/N-ethyl adjacent to an activating group) is 1. The maximum absolute atomic E-state index is 4.10. The fraction of sp³-hybridized carbons (Fsp3) is 0.154. The van der Waals surface area contributed by atoms with Crippen LogP contribution in [0.25, 0.3) is 0 Å². The number of rotatable bonds is 9. The van der Waals surface area contributed by atoms with Crippen molar-refractivity contribution >= 4 is 42.4 Å². The van der Waals surface area contributed by atoms with Crippen LogP contribution in [0, 0.1) is 0 Å². The Morgan fingerprint density at radius 3 is 1.43 bits per heavy atom. The van der Waals surface area contributed by atoms with E-state index in [0.29, 0.717) is 0 Å². The molecule has 0 heterocycles. The number of hydrogen-bond donors (Lipinski definition) is 0. The van der Waals surface area contributed by atoms with Crippen molar-refractivity contribution in [2.75, 3.05) is 14.1 Å². The predicted molar refractivity (Wildman–Crippen MR) is 185 cm³/mol. The second-order valence-electron chi connectivity index (χ2n) is 10.9. The van der Waals surface area contributed by atoms with Gasteiger partial charge < -0.3 is 0 Å². The molecule has 0 radical (unpaired) electrons. The summed E-state index contributed by atoms with van der Waals surface area (Å²) in [7, 11) is 3.12. The molecule has 0 unspecified atom stereocenters. The van der Waals surface area contributed by atoms with Gasteiger partial charge in [0, 0.05) is 5.31 Å². The van der Waals surface area contributed by atoms with Crippen LogP contribution >= 0.6 is 15.8 Å². The van der Waals surface area contributed by atoms with E-state index in [-0.39, 0.29) is 6.04 Å². The number of hydrogen-bond acceptors (Lipinski definition) is 1. The zero-order valence-corrected chi connectivity index (χ0v) is 26.2. The highest BCUT2D eigenvalue weighted by atomic mass is 31.1. The van der Waals surface area contributed by atoms with Crippen LogP contribution in [0.3, 0.4) is 0 Å². The highest BCUT2D eigenvalue weighted by Gasteiger charge is 2.29. The van der Waals surface area contributed by atoms with Crippen molar-refractivity contribution in [3.63, 3.8) is 0 Å². The van der Waals surface area contributed by atoms with E-state index in [1.807, 2.05) is 0 Å². The highest BCUT2D eigenvalue weighted by Crippen LogP contribution is 2.48. The number of nitrogens with zero attached hydrogens (tertiary/aromatic N) is 1. The van der Waals surface area contributed by atoms with Gasteiger partial charge >= 0.3 is 0 Å². The molecule has 1 aliphatic carbocycles. The summed E-state index contributed by atoms with van der Waals surface area (Å²) in [6, 6.07) is 53.6. The molecule has 0 spiro atoms. The van der Waals surface area contributed by atoms with Gasteiger partial charge in [-0.3, -0.25) is 4.90 Å². The highest BCUT2D eigenvalue weighted by molar-refractivity contribution is 7.80. The maximum Gasteiger partial charge on any atom is 0.0638 e. The fourth-order valence-corrected chi connectivity index (χ4v) is 11.0. The lowest BCUT2D eigenvalue weighted by molar-refractivity contribution is 0.331. The summed E-state index contributed by atoms with van der Waals surface area (Å²) < 4.78 is 0. The molecule has 0 aliphatic heterocycles. The molecule has 0 bridgehead atoms. The van der Waals surface area contributed by atoms with Crippen LogP contribution < -0.4 is 26.5 Å². The maximum atomic E-state index is 4.10. The first-order valence-corrected chi connectivity index (χ1v) is 17.4. The van der Waals surface area contributed by atoms with E-state index < -0.39 is 15.8 Å². The van der Waals surface area contributed by atoms with Crippen molar-refractivity contribution in [1.82, 2.24) is 4.90 Å². The van der Waals surface area contributed by atoms with E-state index in [1.54, 1.807) is 0 Å². The SMILES string of the molecule is CN(C)[C@@H](C1=C=C(P(c2ccccc2)c2ccccc2)CCC1)c1ccccc1P(c1ccccc1)c1ccccc1. The Balaban J connectivity index is 1.52. The van der Waals surface area contributed by atoms with Gasteiger partial charge in [-0.2, -0.15) is 0 Å². The normalized spacial score (nSPS) is 14.1. The third kappa shape index (κ3) is 6.27. The molecule has 6 rings (SSSR count). The van der Waals surface area contributed by atoms with Gasteiger partial charge in [-0.05, 0) is 86.9 Å². The van der Waals surface area contributed by atoms with Gasteiger partial charge in [0.15, 0.2) is 0 Å². The monoisotopic (exact) mass is 581 g/mol. The lowest BCUT2D eigenvalue weighted by atomic mass is 9.92. The molecule has 42 heavy (non-hydrogen) atoms. The molecular formula is C39H37NP2. The Bertz CT molecular complexity index is 1580. The van der Waals surface area contributed by atoms with Crippen molar-refractivity contribution < 1.29 is 0 Å². The summed E-state index contributed by atoms with van der Waals surface area (Å²) in [5.41, 5.74) is 6.91. The van der Waals surface area contributed by atoms with Crippen LogP contribution in [-0.2, 0) is 0 Å². The van der Waals surface area contributed by atoms with Crippen LogP contribution in [0.2, 0.25) is 0 Å². The van der Waals surface area contributed by atoms with Crippen molar-refractivity contribution in [1.29, 1.82) is 0 Å². The summed E-state index contributed by atoms with van der Waals surface area (Å²) in [6.07, 6.45) is 3.33. The van der Waals surface area contributed by atoms with E-state index in [1.165, 1.54) is 43.0 Å². The summed E-state index contributed by atoms with van der Waals surface area (Å²) in [4.78, 5) is 2.40. The molecule has 0 fully saturated rings. The molecule has 0 aromatic heterocycles. The predicted octanol–water partition coefficient (Wildman–Crippen LogP) is 7.77. The first-order valence-electron chi connectivity index (χ1n) is 14.7. The number of benzene rings is 5. The molecule has 0 saturated heterocycles. The van der Waals surface area contributed by atoms with Crippen molar-refractivity contribution in [2.45, 2.75) is 25.3 Å². The average molecular weight is 582 g/mol. The minimum absolute atomic E-state index is 0.164. The van der Waals surface area contributed by atoms with Gasteiger partial charge in [0.2, 0.25) is 0 Å². The van der Waals surface area contributed by atoms with Crippen LogP contribution in [0.15, 0.2) is 162 Å². The average Bonchev–Trinajstić information content (AvgIpc) is 3.04. The minimum Gasteiger partial charge on any atom is -0.298 e. The summed E-state index contributed by atoms with van der Waals surface area (Å²) in [5.74, 6) is 0. The van der Waals surface area contributed by atoms with Crippen LogP contribution in [0.1, 0.15) is 30.9 Å². The zero-order valence-electron chi connectivity index (χ0n) is 24.4. The molecular weight excluding hydrogens is 544 g/mol.